The van der Waals surface area contributed by atoms with Gasteiger partial charge in [0, 0.05) is 5.54 Å². The molecule has 2 nitrogen and oxygen atoms in total. The topological polar surface area (TPSA) is 15.3 Å². The predicted octanol–water partition coefficient (Wildman–Crippen LogP) is 3.52. The quantitative estimate of drug-likeness (QED) is 0.871. The fourth-order valence-corrected chi connectivity index (χ4v) is 3.43. The average molecular weight is 260 g/mol. The number of likely N-dealkylation sites (N-methyl/N-ethyl adjacent to an activating group) is 1. The fourth-order valence-electron chi connectivity index (χ4n) is 3.43. The summed E-state index contributed by atoms with van der Waals surface area (Å²) in [6.07, 6.45) is 3.87. The molecule has 1 aromatic rings. The molecule has 1 heterocycles. The molecule has 1 aliphatic heterocycles. The second-order valence-corrected chi connectivity index (χ2v) is 6.04. The zero-order valence-corrected chi connectivity index (χ0v) is 12.9. The molecule has 0 amide bonds. The van der Waals surface area contributed by atoms with E-state index in [1.165, 1.54) is 43.5 Å². The number of hydrogen-bond acceptors (Lipinski definition) is 2. The van der Waals surface area contributed by atoms with Gasteiger partial charge in [-0.05, 0) is 58.8 Å². The number of nitrogens with one attached hydrogen (secondary N) is 1. The molecule has 0 spiro atoms. The van der Waals surface area contributed by atoms with Gasteiger partial charge in [0.1, 0.15) is 0 Å². The molecule has 0 saturated carbocycles. The lowest BCUT2D eigenvalue weighted by Crippen LogP contribution is -2.52. The van der Waals surface area contributed by atoms with Crippen LogP contribution in [0.3, 0.4) is 0 Å². The van der Waals surface area contributed by atoms with Crippen molar-refractivity contribution in [3.05, 3.63) is 35.4 Å². The smallest absolute Gasteiger partial charge is 0.0501 e. The van der Waals surface area contributed by atoms with Gasteiger partial charge in [-0.3, -0.25) is 4.90 Å². The molecule has 2 unspecified atom stereocenters. The first-order valence-corrected chi connectivity index (χ1v) is 7.60. The Morgan fingerprint density at radius 1 is 1.21 bits per heavy atom. The molecular formula is C17H28N2. The third-order valence-electron chi connectivity index (χ3n) is 4.87. The van der Waals surface area contributed by atoms with Crippen molar-refractivity contribution in [3.63, 3.8) is 0 Å². The van der Waals surface area contributed by atoms with Gasteiger partial charge in [-0.2, -0.15) is 0 Å². The Balaban J connectivity index is 2.29. The first-order valence-electron chi connectivity index (χ1n) is 7.60. The minimum Gasteiger partial charge on any atom is -0.311 e. The van der Waals surface area contributed by atoms with Gasteiger partial charge in [-0.15, -0.1) is 0 Å². The first kappa shape index (κ1) is 14.5. The predicted molar refractivity (Wildman–Crippen MR) is 82.5 cm³/mol. The molecule has 0 radical (unpaired) electrons. The van der Waals surface area contributed by atoms with Gasteiger partial charge >= 0.3 is 0 Å². The third-order valence-corrected chi connectivity index (χ3v) is 4.87. The number of nitrogens with zero attached hydrogens (tertiary/aromatic N) is 1. The molecule has 0 aliphatic carbocycles. The molecule has 2 atom stereocenters. The summed E-state index contributed by atoms with van der Waals surface area (Å²) >= 11 is 0. The highest BCUT2D eigenvalue weighted by Crippen LogP contribution is 2.36. The number of rotatable bonds is 5. The van der Waals surface area contributed by atoms with E-state index in [0.29, 0.717) is 6.04 Å². The molecule has 1 fully saturated rings. The van der Waals surface area contributed by atoms with E-state index >= 15 is 0 Å². The molecule has 2 rings (SSSR count). The van der Waals surface area contributed by atoms with Crippen molar-refractivity contribution in [2.75, 3.05) is 20.1 Å². The van der Waals surface area contributed by atoms with Crippen LogP contribution in [0.4, 0.5) is 0 Å². The van der Waals surface area contributed by atoms with Crippen molar-refractivity contribution in [2.24, 2.45) is 0 Å². The van der Waals surface area contributed by atoms with E-state index in [4.69, 9.17) is 0 Å². The highest BCUT2D eigenvalue weighted by atomic mass is 15.2. The Bertz CT molecular complexity index is 392. The van der Waals surface area contributed by atoms with Crippen LogP contribution in [0.5, 0.6) is 0 Å². The molecular weight excluding hydrogens is 232 g/mol. The maximum absolute atomic E-state index is 3.56. The second kappa shape index (κ2) is 6.06. The monoisotopic (exact) mass is 260 g/mol. The van der Waals surface area contributed by atoms with Crippen LogP contribution in [-0.4, -0.2) is 30.6 Å². The summed E-state index contributed by atoms with van der Waals surface area (Å²) in [5.74, 6) is 0. The van der Waals surface area contributed by atoms with Gasteiger partial charge in [0.25, 0.3) is 0 Å². The molecule has 0 bridgehead atoms. The van der Waals surface area contributed by atoms with Crippen LogP contribution in [0.2, 0.25) is 0 Å². The zero-order chi connectivity index (χ0) is 13.9. The molecule has 1 aliphatic rings. The summed E-state index contributed by atoms with van der Waals surface area (Å²) in [7, 11) is 2.09. The van der Waals surface area contributed by atoms with Crippen molar-refractivity contribution in [1.29, 1.82) is 0 Å². The molecule has 19 heavy (non-hydrogen) atoms. The molecule has 0 aromatic heterocycles. The van der Waals surface area contributed by atoms with E-state index in [-0.39, 0.29) is 5.54 Å². The van der Waals surface area contributed by atoms with E-state index < -0.39 is 0 Å². The third kappa shape index (κ3) is 2.85. The Kier molecular flexibility index (Phi) is 4.64. The molecule has 1 N–H and O–H groups in total. The maximum atomic E-state index is 3.56. The zero-order valence-electron chi connectivity index (χ0n) is 12.9. The summed E-state index contributed by atoms with van der Waals surface area (Å²) < 4.78 is 0. The first-order chi connectivity index (χ1) is 9.11. The van der Waals surface area contributed by atoms with E-state index in [0.717, 1.165) is 0 Å². The van der Waals surface area contributed by atoms with Crippen molar-refractivity contribution in [2.45, 2.75) is 51.6 Å². The summed E-state index contributed by atoms with van der Waals surface area (Å²) in [5, 5.41) is 3.56. The molecule has 106 valence electrons. The van der Waals surface area contributed by atoms with Crippen molar-refractivity contribution in [1.82, 2.24) is 10.2 Å². The number of aryl methyl sites for hydroxylation is 1. The lowest BCUT2D eigenvalue weighted by molar-refractivity contribution is 0.0873. The summed E-state index contributed by atoms with van der Waals surface area (Å²) in [6, 6.07) is 9.40. The van der Waals surface area contributed by atoms with E-state index in [2.05, 4.69) is 62.3 Å². The van der Waals surface area contributed by atoms with Gasteiger partial charge in [0.2, 0.25) is 0 Å². The summed E-state index contributed by atoms with van der Waals surface area (Å²) in [4.78, 5) is 2.67. The van der Waals surface area contributed by atoms with Crippen LogP contribution in [0.1, 0.15) is 50.3 Å². The highest BCUT2D eigenvalue weighted by Gasteiger charge is 2.39. The standard InChI is InChI=1S/C17H28N2/c1-5-17(3,19-12-6-7-13-19)16(18-4)15-10-8-14(2)9-11-15/h8-11,16,18H,5-7,12-13H2,1-4H3. The maximum Gasteiger partial charge on any atom is 0.0501 e. The Labute approximate surface area is 118 Å². The Morgan fingerprint density at radius 3 is 2.26 bits per heavy atom. The second-order valence-electron chi connectivity index (χ2n) is 6.04. The van der Waals surface area contributed by atoms with Gasteiger partial charge in [-0.1, -0.05) is 36.8 Å². The lowest BCUT2D eigenvalue weighted by Gasteiger charge is -2.44. The van der Waals surface area contributed by atoms with Crippen LogP contribution in [-0.2, 0) is 0 Å². The van der Waals surface area contributed by atoms with E-state index in [1.54, 1.807) is 0 Å². The van der Waals surface area contributed by atoms with Crippen LogP contribution in [0, 0.1) is 6.92 Å². The Morgan fingerprint density at radius 2 is 1.79 bits per heavy atom. The molecule has 1 aromatic carbocycles. The number of benzene rings is 1. The number of hydrogen-bond donors (Lipinski definition) is 1. The average Bonchev–Trinajstić information content (AvgIpc) is 2.96. The minimum atomic E-state index is 0.209. The van der Waals surface area contributed by atoms with Crippen LogP contribution >= 0.6 is 0 Å². The van der Waals surface area contributed by atoms with Gasteiger partial charge in [0.05, 0.1) is 6.04 Å². The van der Waals surface area contributed by atoms with Gasteiger partial charge < -0.3 is 5.32 Å². The molecule has 2 heteroatoms. The number of likely N-dealkylation sites (tertiary alicyclic amines) is 1. The normalized spacial score (nSPS) is 21.3. The fraction of sp³-hybridized carbons (Fsp3) is 0.647. The van der Waals surface area contributed by atoms with Crippen molar-refractivity contribution >= 4 is 0 Å². The summed E-state index contributed by atoms with van der Waals surface area (Å²) in [6.45, 7) is 9.37. The minimum absolute atomic E-state index is 0.209. The van der Waals surface area contributed by atoms with Crippen LogP contribution in [0.25, 0.3) is 0 Å². The largest absolute Gasteiger partial charge is 0.311 e. The van der Waals surface area contributed by atoms with Crippen LogP contribution in [0.15, 0.2) is 24.3 Å². The van der Waals surface area contributed by atoms with E-state index in [1.807, 2.05) is 0 Å². The van der Waals surface area contributed by atoms with Crippen molar-refractivity contribution in [3.8, 4) is 0 Å². The van der Waals surface area contributed by atoms with Gasteiger partial charge in [0.15, 0.2) is 0 Å². The van der Waals surface area contributed by atoms with Crippen molar-refractivity contribution < 1.29 is 0 Å². The summed E-state index contributed by atoms with van der Waals surface area (Å²) in [5.41, 5.74) is 2.95. The van der Waals surface area contributed by atoms with E-state index in [9.17, 15) is 0 Å². The van der Waals surface area contributed by atoms with Gasteiger partial charge in [-0.25, -0.2) is 0 Å². The van der Waals surface area contributed by atoms with Crippen LogP contribution < -0.4 is 5.32 Å². The lowest BCUT2D eigenvalue weighted by atomic mass is 9.83. The SMILES string of the molecule is CCC(C)(C(NC)c1ccc(C)cc1)N1CCCC1. The Hall–Kier alpha value is -0.860. The molecule has 1 saturated heterocycles. The highest BCUT2D eigenvalue weighted by molar-refractivity contribution is 5.27.